The Morgan fingerprint density at radius 1 is 1.42 bits per heavy atom. The monoisotopic (exact) mass is 265 g/mol. The van der Waals surface area contributed by atoms with Gasteiger partial charge >= 0.3 is 5.97 Å². The van der Waals surface area contributed by atoms with Crippen LogP contribution in [-0.2, 0) is 9.53 Å². The molecule has 0 unspecified atom stereocenters. The quantitative estimate of drug-likeness (QED) is 0.774. The molecular weight excluding hydrogens is 246 g/mol. The maximum atomic E-state index is 11.5. The fraction of sp³-hybridized carbons (Fsp3) is 0.462. The molecule has 1 aromatic heterocycles. The van der Waals surface area contributed by atoms with Crippen molar-refractivity contribution in [2.75, 3.05) is 18.1 Å². The third-order valence-electron chi connectivity index (χ3n) is 2.50. The second kappa shape index (κ2) is 6.72. The van der Waals surface area contributed by atoms with Gasteiger partial charge in [-0.3, -0.25) is 4.79 Å². The molecule has 1 rings (SSSR count). The van der Waals surface area contributed by atoms with Crippen molar-refractivity contribution in [1.82, 2.24) is 4.98 Å². The van der Waals surface area contributed by atoms with Crippen LogP contribution in [0.15, 0.2) is 18.3 Å². The van der Waals surface area contributed by atoms with E-state index >= 15 is 0 Å². The lowest BCUT2D eigenvalue weighted by Crippen LogP contribution is -2.39. The summed E-state index contributed by atoms with van der Waals surface area (Å²) in [6.07, 6.45) is 1.43. The van der Waals surface area contributed by atoms with Crippen molar-refractivity contribution in [3.05, 3.63) is 23.9 Å². The van der Waals surface area contributed by atoms with Gasteiger partial charge in [-0.1, -0.05) is 0 Å². The van der Waals surface area contributed by atoms with Gasteiger partial charge in [0.05, 0.1) is 18.7 Å². The summed E-state index contributed by atoms with van der Waals surface area (Å²) in [5, 5.41) is 0. The fourth-order valence-electron chi connectivity index (χ4n) is 1.59. The smallest absolute Gasteiger partial charge is 0.339 e. The number of carbonyl (C=O) groups is 2. The molecule has 0 aliphatic carbocycles. The van der Waals surface area contributed by atoms with Gasteiger partial charge in [-0.25, -0.2) is 9.78 Å². The molecule has 2 N–H and O–H groups in total. The van der Waals surface area contributed by atoms with E-state index in [0.29, 0.717) is 18.0 Å². The van der Waals surface area contributed by atoms with E-state index in [2.05, 4.69) is 4.98 Å². The Balaban J connectivity index is 2.89. The Labute approximate surface area is 112 Å². The summed E-state index contributed by atoms with van der Waals surface area (Å²) in [6.45, 7) is 6.02. The molecule has 6 nitrogen and oxygen atoms in total. The number of aromatic nitrogens is 1. The largest absolute Gasteiger partial charge is 0.462 e. The third-order valence-corrected chi connectivity index (χ3v) is 2.50. The van der Waals surface area contributed by atoms with Crippen LogP contribution in [0.4, 0.5) is 5.82 Å². The molecule has 0 aliphatic heterocycles. The third kappa shape index (κ3) is 4.24. The van der Waals surface area contributed by atoms with Crippen LogP contribution in [0.3, 0.4) is 0 Å². The van der Waals surface area contributed by atoms with E-state index in [-0.39, 0.29) is 12.6 Å². The van der Waals surface area contributed by atoms with E-state index < -0.39 is 11.9 Å². The van der Waals surface area contributed by atoms with Gasteiger partial charge in [0.25, 0.3) is 0 Å². The van der Waals surface area contributed by atoms with Crippen LogP contribution in [-0.4, -0.2) is 36.1 Å². The van der Waals surface area contributed by atoms with E-state index in [1.54, 1.807) is 24.0 Å². The number of nitrogens with two attached hydrogens (primary N) is 1. The Bertz CT molecular complexity index is 443. The number of carbonyl (C=O) groups excluding carboxylic acids is 2. The van der Waals surface area contributed by atoms with Crippen molar-refractivity contribution in [1.29, 1.82) is 0 Å². The fourth-order valence-corrected chi connectivity index (χ4v) is 1.59. The summed E-state index contributed by atoms with van der Waals surface area (Å²) in [5.41, 5.74) is 5.59. The first-order valence-electron chi connectivity index (χ1n) is 6.13. The first kappa shape index (κ1) is 14.9. The maximum Gasteiger partial charge on any atom is 0.339 e. The molecule has 6 heteroatoms. The summed E-state index contributed by atoms with van der Waals surface area (Å²) in [5.74, 6) is -0.237. The van der Waals surface area contributed by atoms with Crippen molar-refractivity contribution >= 4 is 17.7 Å². The second-order valence-corrected chi connectivity index (χ2v) is 4.31. The molecule has 0 bridgehead atoms. The molecule has 0 saturated heterocycles. The molecule has 104 valence electrons. The number of primary amides is 1. The van der Waals surface area contributed by atoms with Gasteiger partial charge in [-0.15, -0.1) is 0 Å². The topological polar surface area (TPSA) is 85.5 Å². The SMILES string of the molecule is CCOC(=O)c1ccc(N(CC(N)=O)C(C)C)nc1. The molecule has 1 aromatic rings. The number of hydrogen-bond donors (Lipinski definition) is 1. The highest BCUT2D eigenvalue weighted by molar-refractivity contribution is 5.89. The van der Waals surface area contributed by atoms with Crippen LogP contribution in [0.5, 0.6) is 0 Å². The minimum absolute atomic E-state index is 0.0773. The van der Waals surface area contributed by atoms with Gasteiger partial charge in [-0.05, 0) is 32.9 Å². The Morgan fingerprint density at radius 2 is 2.11 bits per heavy atom. The lowest BCUT2D eigenvalue weighted by atomic mass is 10.2. The number of hydrogen-bond acceptors (Lipinski definition) is 5. The van der Waals surface area contributed by atoms with Gasteiger partial charge < -0.3 is 15.4 Å². The van der Waals surface area contributed by atoms with Crippen molar-refractivity contribution in [3.63, 3.8) is 0 Å². The van der Waals surface area contributed by atoms with Gasteiger partial charge in [0.15, 0.2) is 0 Å². The van der Waals surface area contributed by atoms with Crippen molar-refractivity contribution in [2.24, 2.45) is 5.73 Å². The molecule has 0 fully saturated rings. The number of amides is 1. The standard InChI is InChI=1S/C13H19N3O3/c1-4-19-13(18)10-5-6-12(15-7-10)16(9(2)3)8-11(14)17/h5-7,9H,4,8H2,1-3H3,(H2,14,17). The summed E-state index contributed by atoms with van der Waals surface area (Å²) in [6, 6.07) is 3.37. The number of nitrogens with zero attached hydrogens (tertiary/aromatic N) is 2. The number of ether oxygens (including phenoxy) is 1. The molecule has 1 amide bonds. The average molecular weight is 265 g/mol. The molecule has 0 spiro atoms. The zero-order valence-electron chi connectivity index (χ0n) is 11.4. The minimum Gasteiger partial charge on any atom is -0.462 e. The van der Waals surface area contributed by atoms with Crippen LogP contribution >= 0.6 is 0 Å². The number of anilines is 1. The molecule has 0 radical (unpaired) electrons. The lowest BCUT2D eigenvalue weighted by molar-refractivity contribution is -0.116. The Kier molecular flexibility index (Phi) is 5.29. The minimum atomic E-state index is -0.426. The Morgan fingerprint density at radius 3 is 2.53 bits per heavy atom. The highest BCUT2D eigenvalue weighted by atomic mass is 16.5. The zero-order valence-corrected chi connectivity index (χ0v) is 11.4. The summed E-state index contributed by atoms with van der Waals surface area (Å²) in [4.78, 5) is 28.4. The zero-order chi connectivity index (χ0) is 14.4. The van der Waals surface area contributed by atoms with Gasteiger partial charge in [0.1, 0.15) is 5.82 Å². The number of rotatable bonds is 6. The molecule has 0 atom stereocenters. The van der Waals surface area contributed by atoms with E-state index in [1.165, 1.54) is 6.20 Å². The van der Waals surface area contributed by atoms with Crippen LogP contribution in [0, 0.1) is 0 Å². The number of esters is 1. The van der Waals surface area contributed by atoms with Crippen LogP contribution in [0.1, 0.15) is 31.1 Å². The van der Waals surface area contributed by atoms with E-state index in [9.17, 15) is 9.59 Å². The first-order chi connectivity index (χ1) is 8.95. The number of pyridine rings is 1. The summed E-state index contributed by atoms with van der Waals surface area (Å²) < 4.78 is 4.87. The first-order valence-corrected chi connectivity index (χ1v) is 6.13. The van der Waals surface area contributed by atoms with Crippen LogP contribution < -0.4 is 10.6 Å². The summed E-state index contributed by atoms with van der Waals surface area (Å²) >= 11 is 0. The molecule has 0 aromatic carbocycles. The molecule has 0 saturated carbocycles. The van der Waals surface area contributed by atoms with Gasteiger partial charge in [0.2, 0.25) is 5.91 Å². The summed E-state index contributed by atoms with van der Waals surface area (Å²) in [7, 11) is 0. The highest BCUT2D eigenvalue weighted by Crippen LogP contribution is 2.14. The van der Waals surface area contributed by atoms with Gasteiger partial charge in [-0.2, -0.15) is 0 Å². The van der Waals surface area contributed by atoms with Crippen LogP contribution in [0.2, 0.25) is 0 Å². The van der Waals surface area contributed by atoms with Crippen molar-refractivity contribution < 1.29 is 14.3 Å². The molecule has 0 aliphatic rings. The normalized spacial score (nSPS) is 10.3. The van der Waals surface area contributed by atoms with Crippen molar-refractivity contribution in [2.45, 2.75) is 26.8 Å². The Hall–Kier alpha value is -2.11. The van der Waals surface area contributed by atoms with Crippen LogP contribution in [0.25, 0.3) is 0 Å². The van der Waals surface area contributed by atoms with E-state index in [4.69, 9.17) is 10.5 Å². The maximum absolute atomic E-state index is 11.5. The predicted molar refractivity (Wildman–Crippen MR) is 71.9 cm³/mol. The van der Waals surface area contributed by atoms with E-state index in [1.807, 2.05) is 13.8 Å². The van der Waals surface area contributed by atoms with E-state index in [0.717, 1.165) is 0 Å². The lowest BCUT2D eigenvalue weighted by Gasteiger charge is -2.26. The second-order valence-electron chi connectivity index (χ2n) is 4.31. The molecule has 19 heavy (non-hydrogen) atoms. The van der Waals surface area contributed by atoms with Crippen molar-refractivity contribution in [3.8, 4) is 0 Å². The average Bonchev–Trinajstić information content (AvgIpc) is 2.36. The molecule has 1 heterocycles. The highest BCUT2D eigenvalue weighted by Gasteiger charge is 2.15. The molecular formula is C13H19N3O3. The predicted octanol–water partition coefficient (Wildman–Crippen LogP) is 0.958. The van der Waals surface area contributed by atoms with Gasteiger partial charge in [0, 0.05) is 12.2 Å².